The summed E-state index contributed by atoms with van der Waals surface area (Å²) in [6, 6.07) is 13.8. The zero-order chi connectivity index (χ0) is 18.1. The molecule has 2 heterocycles. The van der Waals surface area contributed by atoms with E-state index in [-0.39, 0.29) is 11.9 Å². The average Bonchev–Trinajstić information content (AvgIpc) is 3.10. The van der Waals surface area contributed by atoms with Crippen LogP contribution in [0.3, 0.4) is 0 Å². The van der Waals surface area contributed by atoms with Crippen molar-refractivity contribution in [3.63, 3.8) is 0 Å². The number of hydrogen-bond donors (Lipinski definition) is 1. The van der Waals surface area contributed by atoms with Crippen molar-refractivity contribution in [3.05, 3.63) is 59.9 Å². The highest BCUT2D eigenvalue weighted by Gasteiger charge is 2.32. The number of nitrogens with zero attached hydrogens (tertiary/aromatic N) is 3. The van der Waals surface area contributed by atoms with Gasteiger partial charge in [-0.05, 0) is 62.1 Å². The summed E-state index contributed by atoms with van der Waals surface area (Å²) in [7, 11) is 0. The van der Waals surface area contributed by atoms with Crippen molar-refractivity contribution in [2.24, 2.45) is 0 Å². The number of carbonyl (C=O) groups is 1. The van der Waals surface area contributed by atoms with Gasteiger partial charge in [0.2, 0.25) is 5.91 Å². The van der Waals surface area contributed by atoms with Crippen LogP contribution in [0.2, 0.25) is 0 Å². The molecule has 5 nitrogen and oxygen atoms in total. The number of hydrogen-bond acceptors (Lipinski definition) is 4. The second-order valence-corrected chi connectivity index (χ2v) is 6.93. The van der Waals surface area contributed by atoms with Crippen molar-refractivity contribution in [1.29, 1.82) is 0 Å². The first-order valence-electron chi connectivity index (χ1n) is 8.97. The minimum absolute atomic E-state index is 0.0233. The van der Waals surface area contributed by atoms with E-state index in [9.17, 15) is 4.79 Å². The Balaban J connectivity index is 1.62. The molecule has 0 saturated carbocycles. The van der Waals surface area contributed by atoms with E-state index < -0.39 is 0 Å². The van der Waals surface area contributed by atoms with Gasteiger partial charge in [-0.1, -0.05) is 18.2 Å². The Hall–Kier alpha value is -2.95. The molecule has 0 radical (unpaired) electrons. The Labute approximate surface area is 153 Å². The molecule has 0 bridgehead atoms. The lowest BCUT2D eigenvalue weighted by molar-refractivity contribution is -0.117. The summed E-state index contributed by atoms with van der Waals surface area (Å²) in [5.41, 5.74) is 4.04. The van der Waals surface area contributed by atoms with Crippen molar-refractivity contribution in [1.82, 2.24) is 9.97 Å². The highest BCUT2D eigenvalue weighted by molar-refractivity contribution is 5.99. The molecule has 1 atom stereocenters. The number of fused-ring (bicyclic) bond motifs is 1. The van der Waals surface area contributed by atoms with E-state index in [1.807, 2.05) is 50.2 Å². The van der Waals surface area contributed by atoms with Gasteiger partial charge in [-0.3, -0.25) is 4.79 Å². The number of para-hydroxylation sites is 1. The van der Waals surface area contributed by atoms with Gasteiger partial charge >= 0.3 is 0 Å². The molecule has 1 saturated heterocycles. The van der Waals surface area contributed by atoms with Crippen LogP contribution in [-0.4, -0.2) is 28.5 Å². The van der Waals surface area contributed by atoms with E-state index >= 15 is 0 Å². The van der Waals surface area contributed by atoms with Gasteiger partial charge in [-0.2, -0.15) is 0 Å². The lowest BCUT2D eigenvalue weighted by Gasteiger charge is -2.26. The number of anilines is 2. The number of aryl methyl sites for hydroxylation is 2. The largest absolute Gasteiger partial charge is 0.344 e. The van der Waals surface area contributed by atoms with Crippen LogP contribution >= 0.6 is 0 Å². The third-order valence-electron chi connectivity index (χ3n) is 4.84. The quantitative estimate of drug-likeness (QED) is 0.782. The number of carbonyl (C=O) groups excluding carboxylic acids is 1. The average molecular weight is 346 g/mol. The molecule has 2 aromatic carbocycles. The molecule has 1 fully saturated rings. The molecule has 132 valence electrons. The fourth-order valence-electron chi connectivity index (χ4n) is 3.78. The molecule has 1 aliphatic rings. The lowest BCUT2D eigenvalue weighted by atomic mass is 10.1. The van der Waals surface area contributed by atoms with Crippen LogP contribution in [0.15, 0.2) is 48.8 Å². The minimum atomic E-state index is -0.214. The van der Waals surface area contributed by atoms with E-state index in [0.29, 0.717) is 0 Å². The summed E-state index contributed by atoms with van der Waals surface area (Å²) >= 11 is 0. The standard InChI is InChI=1S/C21H22N4O/c1-14-10-15(2)12-16(11-14)24-21(26)19-8-5-9-25(19)20-17-6-3-4-7-18(17)22-13-23-20/h3-4,6-7,10-13,19H,5,8-9H2,1-2H3,(H,24,26)/t19-/m1/s1. The van der Waals surface area contributed by atoms with E-state index in [4.69, 9.17) is 0 Å². The van der Waals surface area contributed by atoms with Gasteiger partial charge in [-0.25, -0.2) is 9.97 Å². The van der Waals surface area contributed by atoms with E-state index in [0.717, 1.165) is 52.9 Å². The Morgan fingerprint density at radius 1 is 1.12 bits per heavy atom. The van der Waals surface area contributed by atoms with Crippen molar-refractivity contribution < 1.29 is 4.79 Å². The third-order valence-corrected chi connectivity index (χ3v) is 4.84. The highest BCUT2D eigenvalue weighted by Crippen LogP contribution is 2.30. The molecular weight excluding hydrogens is 324 g/mol. The highest BCUT2D eigenvalue weighted by atomic mass is 16.2. The molecule has 3 aromatic rings. The predicted molar refractivity (Wildman–Crippen MR) is 104 cm³/mol. The normalized spacial score (nSPS) is 16.8. The molecule has 5 heteroatoms. The number of aromatic nitrogens is 2. The fraction of sp³-hybridized carbons (Fsp3) is 0.286. The monoisotopic (exact) mass is 346 g/mol. The summed E-state index contributed by atoms with van der Waals surface area (Å²) in [6.07, 6.45) is 3.38. The number of nitrogens with one attached hydrogen (secondary N) is 1. The second-order valence-electron chi connectivity index (χ2n) is 6.93. The first kappa shape index (κ1) is 16.5. The van der Waals surface area contributed by atoms with Gasteiger partial charge < -0.3 is 10.2 Å². The molecule has 1 aliphatic heterocycles. The van der Waals surface area contributed by atoms with Gasteiger partial charge in [0.25, 0.3) is 0 Å². The van der Waals surface area contributed by atoms with E-state index in [1.54, 1.807) is 6.33 Å². The molecule has 4 rings (SSSR count). The van der Waals surface area contributed by atoms with Gasteiger partial charge in [0, 0.05) is 17.6 Å². The molecule has 1 amide bonds. The number of benzene rings is 2. The Morgan fingerprint density at radius 2 is 1.88 bits per heavy atom. The van der Waals surface area contributed by atoms with E-state index in [1.165, 1.54) is 0 Å². The van der Waals surface area contributed by atoms with Gasteiger partial charge in [-0.15, -0.1) is 0 Å². The van der Waals surface area contributed by atoms with Crippen molar-refractivity contribution in [3.8, 4) is 0 Å². The molecule has 0 unspecified atom stereocenters. The third kappa shape index (κ3) is 3.12. The SMILES string of the molecule is Cc1cc(C)cc(NC(=O)[C@H]2CCCN2c2ncnc3ccccc23)c1. The van der Waals surface area contributed by atoms with Crippen molar-refractivity contribution >= 4 is 28.3 Å². The van der Waals surface area contributed by atoms with Crippen molar-refractivity contribution in [2.45, 2.75) is 32.7 Å². The second kappa shape index (κ2) is 6.75. The van der Waals surface area contributed by atoms with Crippen LogP contribution in [0.1, 0.15) is 24.0 Å². The molecule has 26 heavy (non-hydrogen) atoms. The maximum atomic E-state index is 13.0. The Kier molecular flexibility index (Phi) is 4.29. The molecule has 0 spiro atoms. The van der Waals surface area contributed by atoms with Crippen LogP contribution in [0.25, 0.3) is 10.9 Å². The fourth-order valence-corrected chi connectivity index (χ4v) is 3.78. The predicted octanol–water partition coefficient (Wildman–Crippen LogP) is 3.85. The first-order chi connectivity index (χ1) is 12.6. The summed E-state index contributed by atoms with van der Waals surface area (Å²) in [5, 5.41) is 4.08. The summed E-state index contributed by atoms with van der Waals surface area (Å²) in [5.74, 6) is 0.865. The van der Waals surface area contributed by atoms with E-state index in [2.05, 4.69) is 26.3 Å². The van der Waals surface area contributed by atoms with Gasteiger partial charge in [0.05, 0.1) is 5.52 Å². The summed E-state index contributed by atoms with van der Waals surface area (Å²) in [4.78, 5) is 23.9. The van der Waals surface area contributed by atoms with Crippen LogP contribution in [0.4, 0.5) is 11.5 Å². The summed E-state index contributed by atoms with van der Waals surface area (Å²) in [6.45, 7) is 4.90. The Morgan fingerprint density at radius 3 is 2.69 bits per heavy atom. The number of amides is 1. The van der Waals surface area contributed by atoms with Crippen LogP contribution in [-0.2, 0) is 4.79 Å². The zero-order valence-corrected chi connectivity index (χ0v) is 15.1. The molecule has 0 aliphatic carbocycles. The molecular formula is C21H22N4O. The topological polar surface area (TPSA) is 58.1 Å². The zero-order valence-electron chi connectivity index (χ0n) is 15.1. The smallest absolute Gasteiger partial charge is 0.247 e. The molecule has 1 N–H and O–H groups in total. The maximum absolute atomic E-state index is 13.0. The number of rotatable bonds is 3. The maximum Gasteiger partial charge on any atom is 0.247 e. The van der Waals surface area contributed by atoms with Gasteiger partial charge in [0.15, 0.2) is 0 Å². The van der Waals surface area contributed by atoms with Crippen LogP contribution < -0.4 is 10.2 Å². The minimum Gasteiger partial charge on any atom is -0.344 e. The lowest BCUT2D eigenvalue weighted by Crippen LogP contribution is -2.40. The van der Waals surface area contributed by atoms with Crippen LogP contribution in [0, 0.1) is 13.8 Å². The van der Waals surface area contributed by atoms with Crippen LogP contribution in [0.5, 0.6) is 0 Å². The van der Waals surface area contributed by atoms with Crippen molar-refractivity contribution in [2.75, 3.05) is 16.8 Å². The Bertz CT molecular complexity index is 944. The molecule has 1 aromatic heterocycles. The summed E-state index contributed by atoms with van der Waals surface area (Å²) < 4.78 is 0. The first-order valence-corrected chi connectivity index (χ1v) is 8.97. The van der Waals surface area contributed by atoms with Gasteiger partial charge in [0.1, 0.15) is 18.2 Å².